The van der Waals surface area contributed by atoms with Crippen LogP contribution in [0.4, 0.5) is 0 Å². The maximum absolute atomic E-state index is 11.5. The van der Waals surface area contributed by atoms with Gasteiger partial charge in [-0.3, -0.25) is 4.79 Å². The van der Waals surface area contributed by atoms with Gasteiger partial charge >= 0.3 is 0 Å². The second-order valence-corrected chi connectivity index (χ2v) is 4.07. The van der Waals surface area contributed by atoms with Gasteiger partial charge in [0.2, 0.25) is 5.91 Å². The van der Waals surface area contributed by atoms with E-state index in [1.165, 1.54) is 0 Å². The van der Waals surface area contributed by atoms with Crippen LogP contribution in [0.3, 0.4) is 0 Å². The van der Waals surface area contributed by atoms with Crippen molar-refractivity contribution in [3.8, 4) is 0 Å². The average Bonchev–Trinajstić information content (AvgIpc) is 2.67. The summed E-state index contributed by atoms with van der Waals surface area (Å²) in [7, 11) is 0. The third kappa shape index (κ3) is 3.27. The van der Waals surface area contributed by atoms with Crippen molar-refractivity contribution in [1.29, 1.82) is 0 Å². The molecule has 1 aliphatic heterocycles. The Bertz CT molecular complexity index is 198. The molecule has 0 aromatic rings. The fourth-order valence-electron chi connectivity index (χ4n) is 1.30. The summed E-state index contributed by atoms with van der Waals surface area (Å²) >= 11 is 0. The predicted octanol–water partition coefficient (Wildman–Crippen LogP) is 0.443. The predicted molar refractivity (Wildman–Crippen MR) is 52.9 cm³/mol. The number of carbonyl (C=O) groups is 1. The molecule has 0 aromatic heterocycles. The number of hydrogen-bond donors (Lipinski definition) is 2. The van der Waals surface area contributed by atoms with E-state index in [4.69, 9.17) is 4.74 Å². The molecule has 14 heavy (non-hydrogen) atoms. The molecule has 0 radical (unpaired) electrons. The van der Waals surface area contributed by atoms with Crippen LogP contribution in [0.2, 0.25) is 0 Å². The van der Waals surface area contributed by atoms with E-state index in [-0.39, 0.29) is 12.0 Å². The van der Waals surface area contributed by atoms with Crippen LogP contribution in [0, 0.1) is 0 Å². The number of carbonyl (C=O) groups excluding carboxylic acids is 1. The molecule has 1 fully saturated rings. The summed E-state index contributed by atoms with van der Waals surface area (Å²) in [6.07, 6.45) is 2.06. The summed E-state index contributed by atoms with van der Waals surface area (Å²) in [5.41, 5.74) is -0.811. The van der Waals surface area contributed by atoms with Gasteiger partial charge in [-0.1, -0.05) is 6.92 Å². The van der Waals surface area contributed by atoms with Crippen molar-refractivity contribution >= 4 is 5.91 Å². The van der Waals surface area contributed by atoms with E-state index in [1.807, 2.05) is 6.92 Å². The van der Waals surface area contributed by atoms with E-state index < -0.39 is 5.60 Å². The monoisotopic (exact) mass is 201 g/mol. The lowest BCUT2D eigenvalue weighted by atomic mass is 10.0. The first-order chi connectivity index (χ1) is 6.55. The molecule has 1 unspecified atom stereocenters. The average molecular weight is 201 g/mol. The summed E-state index contributed by atoms with van der Waals surface area (Å²) in [5, 5.41) is 12.4. The highest BCUT2D eigenvalue weighted by molar-refractivity contribution is 5.81. The van der Waals surface area contributed by atoms with Gasteiger partial charge in [-0.15, -0.1) is 0 Å². The molecule has 2 atom stereocenters. The first-order valence-corrected chi connectivity index (χ1v) is 5.17. The van der Waals surface area contributed by atoms with E-state index in [1.54, 1.807) is 6.92 Å². The van der Waals surface area contributed by atoms with Crippen molar-refractivity contribution < 1.29 is 14.6 Å². The van der Waals surface area contributed by atoms with Crippen LogP contribution < -0.4 is 5.32 Å². The van der Waals surface area contributed by atoms with Gasteiger partial charge in [0.05, 0.1) is 5.60 Å². The van der Waals surface area contributed by atoms with Crippen LogP contribution in [-0.2, 0) is 9.53 Å². The summed E-state index contributed by atoms with van der Waals surface area (Å²) < 4.78 is 5.22. The molecule has 4 nitrogen and oxygen atoms in total. The molecule has 2 N–H and O–H groups in total. The third-order valence-electron chi connectivity index (χ3n) is 2.63. The third-order valence-corrected chi connectivity index (χ3v) is 2.63. The first-order valence-electron chi connectivity index (χ1n) is 5.17. The molecule has 4 heteroatoms. The Labute approximate surface area is 84.6 Å². The van der Waals surface area contributed by atoms with E-state index in [0.717, 1.165) is 12.8 Å². The zero-order valence-electron chi connectivity index (χ0n) is 8.88. The Balaban J connectivity index is 2.27. The lowest BCUT2D eigenvalue weighted by molar-refractivity contribution is -0.131. The van der Waals surface area contributed by atoms with Crippen LogP contribution >= 0.6 is 0 Å². The maximum atomic E-state index is 11.5. The molecule has 0 aromatic carbocycles. The summed E-state index contributed by atoms with van der Waals surface area (Å²) in [6, 6.07) is 0. The fourth-order valence-corrected chi connectivity index (χ4v) is 1.30. The molecule has 0 saturated carbocycles. The van der Waals surface area contributed by atoms with E-state index in [0.29, 0.717) is 19.6 Å². The molecule has 1 heterocycles. The van der Waals surface area contributed by atoms with Crippen molar-refractivity contribution in [3.05, 3.63) is 0 Å². The minimum atomic E-state index is -0.811. The number of amides is 1. The minimum absolute atomic E-state index is 0.101. The van der Waals surface area contributed by atoms with Gasteiger partial charge in [-0.2, -0.15) is 0 Å². The Morgan fingerprint density at radius 2 is 2.43 bits per heavy atom. The lowest BCUT2D eigenvalue weighted by Gasteiger charge is -2.22. The molecule has 1 saturated heterocycles. The van der Waals surface area contributed by atoms with Crippen LogP contribution in [-0.4, -0.2) is 35.9 Å². The number of hydrogen-bond acceptors (Lipinski definition) is 3. The van der Waals surface area contributed by atoms with E-state index >= 15 is 0 Å². The maximum Gasteiger partial charge on any atom is 0.249 e. The molecule has 1 aliphatic rings. The normalized spacial score (nSPS) is 25.8. The molecule has 82 valence electrons. The van der Waals surface area contributed by atoms with Crippen molar-refractivity contribution in [3.63, 3.8) is 0 Å². The molecular formula is C10H19NO3. The first kappa shape index (κ1) is 11.5. The van der Waals surface area contributed by atoms with Crippen molar-refractivity contribution in [2.75, 3.05) is 13.2 Å². The molecule has 0 spiro atoms. The Kier molecular flexibility index (Phi) is 3.89. The highest BCUT2D eigenvalue weighted by Crippen LogP contribution is 2.12. The molecule has 1 amide bonds. The minimum Gasteiger partial charge on any atom is -0.388 e. The quantitative estimate of drug-likeness (QED) is 0.694. The number of ether oxygens (including phenoxy) is 1. The topological polar surface area (TPSA) is 58.6 Å². The number of rotatable bonds is 4. The van der Waals surface area contributed by atoms with Crippen LogP contribution in [0.5, 0.6) is 0 Å². The second-order valence-electron chi connectivity index (χ2n) is 4.07. The Morgan fingerprint density at radius 1 is 1.71 bits per heavy atom. The van der Waals surface area contributed by atoms with Crippen LogP contribution in [0.25, 0.3) is 0 Å². The van der Waals surface area contributed by atoms with Crippen molar-refractivity contribution in [1.82, 2.24) is 5.32 Å². The number of nitrogens with one attached hydrogen (secondary N) is 1. The van der Waals surface area contributed by atoms with Gasteiger partial charge in [-0.25, -0.2) is 0 Å². The van der Waals surface area contributed by atoms with Gasteiger partial charge in [-0.05, 0) is 26.2 Å². The molecule has 0 aliphatic carbocycles. The van der Waals surface area contributed by atoms with Gasteiger partial charge in [0.1, 0.15) is 6.10 Å². The lowest BCUT2D eigenvalue weighted by Crippen LogP contribution is -2.43. The molecule has 1 rings (SSSR count). The van der Waals surface area contributed by atoms with Gasteiger partial charge in [0.15, 0.2) is 0 Å². The SMILES string of the molecule is CCC(C)(O)CNC(=O)[C@@H]1CCCO1. The Hall–Kier alpha value is -0.610. The van der Waals surface area contributed by atoms with Crippen LogP contribution in [0.15, 0.2) is 0 Å². The smallest absolute Gasteiger partial charge is 0.249 e. The van der Waals surface area contributed by atoms with Gasteiger partial charge < -0.3 is 15.2 Å². The zero-order valence-corrected chi connectivity index (χ0v) is 8.88. The standard InChI is InChI=1S/C10H19NO3/c1-3-10(2,13)7-11-9(12)8-5-4-6-14-8/h8,13H,3-7H2,1-2H3,(H,11,12)/t8-,10?/m0/s1. The molecular weight excluding hydrogens is 182 g/mol. The van der Waals surface area contributed by atoms with Crippen molar-refractivity contribution in [2.24, 2.45) is 0 Å². The van der Waals surface area contributed by atoms with E-state index in [2.05, 4.69) is 5.32 Å². The highest BCUT2D eigenvalue weighted by atomic mass is 16.5. The largest absolute Gasteiger partial charge is 0.388 e. The van der Waals surface area contributed by atoms with Gasteiger partial charge in [0, 0.05) is 13.2 Å². The zero-order chi connectivity index (χ0) is 10.6. The fraction of sp³-hybridized carbons (Fsp3) is 0.900. The summed E-state index contributed by atoms with van der Waals surface area (Å²) in [5.74, 6) is -0.101. The van der Waals surface area contributed by atoms with Crippen molar-refractivity contribution in [2.45, 2.75) is 44.8 Å². The van der Waals surface area contributed by atoms with E-state index in [9.17, 15) is 9.90 Å². The summed E-state index contributed by atoms with van der Waals surface area (Å²) in [4.78, 5) is 11.5. The second kappa shape index (κ2) is 4.75. The number of aliphatic hydroxyl groups is 1. The summed E-state index contributed by atoms with van der Waals surface area (Å²) in [6.45, 7) is 4.56. The van der Waals surface area contributed by atoms with Gasteiger partial charge in [0.25, 0.3) is 0 Å². The Morgan fingerprint density at radius 3 is 2.93 bits per heavy atom. The highest BCUT2D eigenvalue weighted by Gasteiger charge is 2.25. The van der Waals surface area contributed by atoms with Crippen LogP contribution in [0.1, 0.15) is 33.1 Å². The molecule has 0 bridgehead atoms.